The van der Waals surface area contributed by atoms with E-state index in [-0.39, 0.29) is 40.1 Å². The Bertz CT molecular complexity index is 1390. The van der Waals surface area contributed by atoms with Crippen LogP contribution in [0.1, 0.15) is 46.4 Å². The normalized spacial score (nSPS) is 11.1. The number of rotatable bonds is 11. The van der Waals surface area contributed by atoms with Gasteiger partial charge in [0.25, 0.3) is 0 Å². The van der Waals surface area contributed by atoms with Crippen molar-refractivity contribution in [3.05, 3.63) is 40.3 Å². The molecule has 37 heavy (non-hydrogen) atoms. The highest BCUT2D eigenvalue weighted by Crippen LogP contribution is 2.34. The summed E-state index contributed by atoms with van der Waals surface area (Å²) in [6.45, 7) is 7.22. The van der Waals surface area contributed by atoms with E-state index in [1.165, 1.54) is 6.92 Å². The first-order valence-electron chi connectivity index (χ1n) is 11.2. The zero-order chi connectivity index (χ0) is 27.2. The van der Waals surface area contributed by atoms with Gasteiger partial charge < -0.3 is 23.9 Å². The van der Waals surface area contributed by atoms with E-state index >= 15 is 0 Å². The molecule has 0 spiro atoms. The molecule has 14 heteroatoms. The Morgan fingerprint density at radius 3 is 2.24 bits per heavy atom. The maximum atomic E-state index is 12.8. The van der Waals surface area contributed by atoms with Crippen LogP contribution in [-0.2, 0) is 24.1 Å². The summed E-state index contributed by atoms with van der Waals surface area (Å²) >= 11 is 0.781. The molecule has 0 aliphatic heterocycles. The zero-order valence-electron chi connectivity index (χ0n) is 20.5. The van der Waals surface area contributed by atoms with E-state index in [0.717, 1.165) is 11.3 Å². The average molecular weight is 552 g/mol. The number of sulfone groups is 1. The second-order valence-electron chi connectivity index (χ2n) is 7.34. The molecule has 0 fully saturated rings. The number of nitrogens with zero attached hydrogens (tertiary/aromatic N) is 2. The molecule has 1 N–H and O–H groups in total. The van der Waals surface area contributed by atoms with Gasteiger partial charge in [-0.25, -0.2) is 18.0 Å². The summed E-state index contributed by atoms with van der Waals surface area (Å²) in [7, 11) is -4.34. The van der Waals surface area contributed by atoms with Gasteiger partial charge >= 0.3 is 17.2 Å². The van der Waals surface area contributed by atoms with Crippen molar-refractivity contribution in [2.24, 2.45) is 0 Å². The van der Waals surface area contributed by atoms with Crippen LogP contribution in [0.25, 0.3) is 11.5 Å². The highest BCUT2D eigenvalue weighted by Gasteiger charge is 2.30. The second kappa shape index (κ2) is 12.0. The third-order valence-corrected chi connectivity index (χ3v) is 7.27. The van der Waals surface area contributed by atoms with Crippen molar-refractivity contribution in [1.82, 2.24) is 10.2 Å². The van der Waals surface area contributed by atoms with Gasteiger partial charge in [-0.05, 0) is 57.5 Å². The van der Waals surface area contributed by atoms with Gasteiger partial charge in [0.05, 0.1) is 25.4 Å². The molecule has 0 bridgehead atoms. The fraction of sp³-hybridized carbons (Fsp3) is 0.348. The number of carbonyl (C=O) groups excluding carboxylic acids is 3. The molecule has 0 saturated carbocycles. The first-order valence-corrected chi connectivity index (χ1v) is 13.6. The van der Waals surface area contributed by atoms with Crippen molar-refractivity contribution in [2.75, 3.05) is 30.9 Å². The number of carbonyl (C=O) groups is 3. The third-order valence-electron chi connectivity index (χ3n) is 4.75. The molecular weight excluding hydrogens is 526 g/mol. The number of benzene rings is 1. The van der Waals surface area contributed by atoms with Gasteiger partial charge in [0.1, 0.15) is 21.4 Å². The molecule has 3 rings (SSSR count). The number of hydrogen-bond acceptors (Lipinski definition) is 12. The number of thiophene rings is 1. The molecule has 2 heterocycles. The van der Waals surface area contributed by atoms with Gasteiger partial charge in [-0.3, -0.25) is 4.79 Å². The van der Waals surface area contributed by atoms with Crippen LogP contribution in [0.5, 0.6) is 5.75 Å². The van der Waals surface area contributed by atoms with Crippen LogP contribution in [0.3, 0.4) is 0 Å². The van der Waals surface area contributed by atoms with Crippen molar-refractivity contribution in [3.8, 4) is 17.2 Å². The maximum absolute atomic E-state index is 12.8. The molecule has 12 nitrogen and oxygen atoms in total. The van der Waals surface area contributed by atoms with Crippen molar-refractivity contribution in [2.45, 2.75) is 32.9 Å². The number of aromatic nitrogens is 2. The quantitative estimate of drug-likeness (QED) is 0.348. The van der Waals surface area contributed by atoms with E-state index in [2.05, 4.69) is 15.5 Å². The summed E-state index contributed by atoms with van der Waals surface area (Å²) in [5.41, 5.74) is 0.648. The van der Waals surface area contributed by atoms with Crippen LogP contribution in [0.2, 0.25) is 0 Å². The standard InChI is InChI=1S/C23H25N3O9S2/c1-5-32-15-10-8-14(9-11-15)19-25-26-23(35-19)37(30,31)12-16(27)24-20-17(21(28)33-6-2)13(4)18(36-20)22(29)34-7-3/h8-11H,5-7,12H2,1-4H3,(H,24,27). The predicted molar refractivity (Wildman–Crippen MR) is 133 cm³/mol. The Morgan fingerprint density at radius 1 is 0.973 bits per heavy atom. The first kappa shape index (κ1) is 27.8. The number of amides is 1. The Morgan fingerprint density at radius 2 is 1.62 bits per heavy atom. The minimum absolute atomic E-state index is 0.0418. The number of hydrogen-bond donors (Lipinski definition) is 1. The summed E-state index contributed by atoms with van der Waals surface area (Å²) in [6.07, 6.45) is 0. The van der Waals surface area contributed by atoms with E-state index in [9.17, 15) is 22.8 Å². The van der Waals surface area contributed by atoms with Gasteiger partial charge in [0.2, 0.25) is 21.6 Å². The highest BCUT2D eigenvalue weighted by atomic mass is 32.2. The fourth-order valence-electron chi connectivity index (χ4n) is 3.15. The van der Waals surface area contributed by atoms with Crippen LogP contribution in [0.4, 0.5) is 5.00 Å². The summed E-state index contributed by atoms with van der Waals surface area (Å²) < 4.78 is 46.2. The maximum Gasteiger partial charge on any atom is 0.348 e. The zero-order valence-corrected chi connectivity index (χ0v) is 22.2. The minimum Gasteiger partial charge on any atom is -0.494 e. The third kappa shape index (κ3) is 6.51. The van der Waals surface area contributed by atoms with E-state index in [1.54, 1.807) is 38.1 Å². The first-order chi connectivity index (χ1) is 17.6. The van der Waals surface area contributed by atoms with Crippen LogP contribution in [0.15, 0.2) is 33.9 Å². The molecule has 0 aliphatic carbocycles. The molecule has 1 amide bonds. The van der Waals surface area contributed by atoms with Crippen LogP contribution < -0.4 is 10.1 Å². The summed E-state index contributed by atoms with van der Waals surface area (Å²) in [5, 5.41) is 8.91. The molecule has 3 aromatic rings. The Hall–Kier alpha value is -3.78. The molecule has 2 aromatic heterocycles. The summed E-state index contributed by atoms with van der Waals surface area (Å²) in [4.78, 5) is 37.5. The summed E-state index contributed by atoms with van der Waals surface area (Å²) in [5.74, 6) is -2.93. The van der Waals surface area contributed by atoms with Crippen molar-refractivity contribution in [3.63, 3.8) is 0 Å². The summed E-state index contributed by atoms with van der Waals surface area (Å²) in [6, 6.07) is 6.58. The van der Waals surface area contributed by atoms with Gasteiger partial charge in [-0.1, -0.05) is 5.10 Å². The lowest BCUT2D eigenvalue weighted by Crippen LogP contribution is -2.24. The number of ether oxygens (including phenoxy) is 3. The van der Waals surface area contributed by atoms with Gasteiger partial charge in [0.15, 0.2) is 0 Å². The van der Waals surface area contributed by atoms with Crippen LogP contribution in [-0.4, -0.2) is 62.0 Å². The largest absolute Gasteiger partial charge is 0.494 e. The van der Waals surface area contributed by atoms with Crippen molar-refractivity contribution >= 4 is 44.0 Å². The van der Waals surface area contributed by atoms with E-state index in [1.807, 2.05) is 6.92 Å². The van der Waals surface area contributed by atoms with Crippen molar-refractivity contribution < 1.29 is 41.4 Å². The van der Waals surface area contributed by atoms with Crippen LogP contribution >= 0.6 is 11.3 Å². The monoisotopic (exact) mass is 551 g/mol. The lowest BCUT2D eigenvalue weighted by molar-refractivity contribution is -0.113. The average Bonchev–Trinajstić information content (AvgIpc) is 3.46. The molecule has 198 valence electrons. The predicted octanol–water partition coefficient (Wildman–Crippen LogP) is 3.27. The van der Waals surface area contributed by atoms with Crippen LogP contribution in [0, 0.1) is 6.92 Å². The van der Waals surface area contributed by atoms with Gasteiger partial charge in [0, 0.05) is 5.56 Å². The lowest BCUT2D eigenvalue weighted by Gasteiger charge is -2.07. The van der Waals surface area contributed by atoms with Crippen molar-refractivity contribution in [1.29, 1.82) is 0 Å². The second-order valence-corrected chi connectivity index (χ2v) is 10.2. The lowest BCUT2D eigenvalue weighted by atomic mass is 10.1. The SMILES string of the molecule is CCOC(=O)c1sc(NC(=O)CS(=O)(=O)c2nnc(-c3ccc(OCC)cc3)o2)c(C(=O)OCC)c1C. The molecular formula is C23H25N3O9S2. The Balaban J connectivity index is 1.80. The van der Waals surface area contributed by atoms with E-state index in [0.29, 0.717) is 17.9 Å². The number of nitrogens with one attached hydrogen (secondary N) is 1. The molecule has 0 atom stereocenters. The minimum atomic E-state index is -4.34. The highest BCUT2D eigenvalue weighted by molar-refractivity contribution is 7.91. The topological polar surface area (TPSA) is 164 Å². The van der Waals surface area contributed by atoms with Gasteiger partial charge in [-0.15, -0.1) is 16.4 Å². The number of esters is 2. The van der Waals surface area contributed by atoms with Gasteiger partial charge in [-0.2, -0.15) is 0 Å². The fourth-order valence-corrected chi connectivity index (χ4v) is 5.17. The molecule has 0 radical (unpaired) electrons. The molecule has 0 unspecified atom stereocenters. The number of anilines is 1. The molecule has 1 aromatic carbocycles. The van der Waals surface area contributed by atoms with E-state index in [4.69, 9.17) is 18.6 Å². The smallest absolute Gasteiger partial charge is 0.348 e. The molecule has 0 saturated heterocycles. The Labute approximate surface area is 216 Å². The molecule has 0 aliphatic rings. The van der Waals surface area contributed by atoms with E-state index < -0.39 is 38.7 Å². The Kier molecular flexibility index (Phi) is 8.99.